The number of hydrogen-bond donors (Lipinski definition) is 1. The Hall–Kier alpha value is -0.870. The molecule has 0 amide bonds. The maximum absolute atomic E-state index is 10.7. The van der Waals surface area contributed by atoms with Gasteiger partial charge in [0.2, 0.25) is 0 Å². The van der Waals surface area contributed by atoms with Gasteiger partial charge < -0.3 is 10.0 Å². The molecule has 3 nitrogen and oxygen atoms in total. The van der Waals surface area contributed by atoms with Crippen LogP contribution >= 0.6 is 15.9 Å². The molecule has 18 heavy (non-hydrogen) atoms. The van der Waals surface area contributed by atoms with E-state index in [4.69, 9.17) is 5.11 Å². The molecule has 0 aromatic heterocycles. The first-order valence-corrected chi connectivity index (χ1v) is 7.18. The number of carbonyl (C=O) groups excluding carboxylic acids is 1. The van der Waals surface area contributed by atoms with E-state index in [0.717, 1.165) is 35.8 Å². The first-order valence-electron chi connectivity index (χ1n) is 6.38. The van der Waals surface area contributed by atoms with Crippen LogP contribution in [0.4, 0.5) is 5.69 Å². The Bertz CT molecular complexity index is 422. The van der Waals surface area contributed by atoms with Crippen LogP contribution in [0.3, 0.4) is 0 Å². The summed E-state index contributed by atoms with van der Waals surface area (Å²) in [5, 5.41) is 8.94. The van der Waals surface area contributed by atoms with Crippen molar-refractivity contribution in [1.29, 1.82) is 0 Å². The second-order valence-electron chi connectivity index (χ2n) is 4.68. The lowest BCUT2D eigenvalue weighted by Crippen LogP contribution is -2.29. The lowest BCUT2D eigenvalue weighted by atomic mass is 10.1. The third kappa shape index (κ3) is 2.93. The summed E-state index contributed by atoms with van der Waals surface area (Å²) in [6.45, 7) is 1.31. The van der Waals surface area contributed by atoms with Crippen LogP contribution in [0.2, 0.25) is 0 Å². The van der Waals surface area contributed by atoms with Gasteiger partial charge in [0.15, 0.2) is 0 Å². The molecule has 98 valence electrons. The van der Waals surface area contributed by atoms with Crippen molar-refractivity contribution in [2.45, 2.75) is 31.7 Å². The zero-order chi connectivity index (χ0) is 13.0. The standard InChI is InChI=1S/C14H18BrNO2/c15-13-9-11(10-18)5-6-14(13)16-7-1-3-12(16)4-2-8-17/h5-6,9-10,12,17H,1-4,7-8H2. The molecule has 2 rings (SSSR count). The van der Waals surface area contributed by atoms with Gasteiger partial charge in [-0.2, -0.15) is 0 Å². The molecule has 1 aromatic carbocycles. The SMILES string of the molecule is O=Cc1ccc(N2CCCC2CCCO)c(Br)c1. The topological polar surface area (TPSA) is 40.5 Å². The zero-order valence-corrected chi connectivity index (χ0v) is 11.9. The molecular formula is C14H18BrNO2. The molecule has 1 atom stereocenters. The number of benzene rings is 1. The van der Waals surface area contributed by atoms with Crippen molar-refractivity contribution < 1.29 is 9.90 Å². The van der Waals surface area contributed by atoms with Gasteiger partial charge in [-0.1, -0.05) is 0 Å². The number of anilines is 1. The second kappa shape index (κ2) is 6.34. The average Bonchev–Trinajstić information content (AvgIpc) is 2.84. The molecule has 1 aliphatic rings. The summed E-state index contributed by atoms with van der Waals surface area (Å²) in [7, 11) is 0. The van der Waals surface area contributed by atoms with Gasteiger partial charge in [0, 0.05) is 29.2 Å². The van der Waals surface area contributed by atoms with E-state index in [0.29, 0.717) is 11.6 Å². The van der Waals surface area contributed by atoms with Gasteiger partial charge >= 0.3 is 0 Å². The summed E-state index contributed by atoms with van der Waals surface area (Å²) in [5.74, 6) is 0. The Morgan fingerprint density at radius 3 is 3.00 bits per heavy atom. The number of aldehydes is 1. The first kappa shape index (κ1) is 13.6. The van der Waals surface area contributed by atoms with E-state index < -0.39 is 0 Å². The van der Waals surface area contributed by atoms with Crippen LogP contribution in [0.5, 0.6) is 0 Å². The van der Waals surface area contributed by atoms with Crippen LogP contribution in [0.25, 0.3) is 0 Å². The van der Waals surface area contributed by atoms with Crippen LogP contribution in [0.15, 0.2) is 22.7 Å². The molecule has 0 radical (unpaired) electrons. The Morgan fingerprint density at radius 1 is 1.50 bits per heavy atom. The Kier molecular flexibility index (Phi) is 4.78. The highest BCUT2D eigenvalue weighted by Gasteiger charge is 2.25. The van der Waals surface area contributed by atoms with Crippen molar-refractivity contribution in [3.63, 3.8) is 0 Å². The van der Waals surface area contributed by atoms with E-state index in [-0.39, 0.29) is 6.61 Å². The highest BCUT2D eigenvalue weighted by atomic mass is 79.9. The molecule has 0 bridgehead atoms. The average molecular weight is 312 g/mol. The normalized spacial score (nSPS) is 19.2. The third-order valence-electron chi connectivity index (χ3n) is 3.49. The van der Waals surface area contributed by atoms with Gasteiger partial charge in [0.1, 0.15) is 6.29 Å². The number of hydrogen-bond acceptors (Lipinski definition) is 3. The van der Waals surface area contributed by atoms with Gasteiger partial charge in [0.25, 0.3) is 0 Å². The van der Waals surface area contributed by atoms with Crippen LogP contribution < -0.4 is 4.90 Å². The minimum atomic E-state index is 0.260. The maximum atomic E-state index is 10.7. The van der Waals surface area contributed by atoms with Gasteiger partial charge in [-0.05, 0) is 59.8 Å². The van der Waals surface area contributed by atoms with Gasteiger partial charge in [0.05, 0.1) is 5.69 Å². The number of aliphatic hydroxyl groups excluding tert-OH is 1. The van der Waals surface area contributed by atoms with Crippen molar-refractivity contribution in [3.8, 4) is 0 Å². The lowest BCUT2D eigenvalue weighted by Gasteiger charge is -2.28. The fourth-order valence-electron chi connectivity index (χ4n) is 2.61. The van der Waals surface area contributed by atoms with E-state index in [1.165, 1.54) is 12.8 Å². The van der Waals surface area contributed by atoms with E-state index in [2.05, 4.69) is 20.8 Å². The van der Waals surface area contributed by atoms with Crippen LogP contribution in [0, 0.1) is 0 Å². The number of rotatable bonds is 5. The highest BCUT2D eigenvalue weighted by Crippen LogP contribution is 2.34. The summed E-state index contributed by atoms with van der Waals surface area (Å²) in [6, 6.07) is 6.24. The van der Waals surface area contributed by atoms with Gasteiger partial charge in [-0.15, -0.1) is 0 Å². The Balaban J connectivity index is 2.16. The van der Waals surface area contributed by atoms with Crippen molar-refractivity contribution in [1.82, 2.24) is 0 Å². The maximum Gasteiger partial charge on any atom is 0.150 e. The third-order valence-corrected chi connectivity index (χ3v) is 4.13. The van der Waals surface area contributed by atoms with Crippen molar-refractivity contribution >= 4 is 27.9 Å². The quantitative estimate of drug-likeness (QED) is 0.850. The van der Waals surface area contributed by atoms with Crippen molar-refractivity contribution in [3.05, 3.63) is 28.2 Å². The molecule has 1 heterocycles. The molecule has 0 spiro atoms. The zero-order valence-electron chi connectivity index (χ0n) is 10.3. The molecule has 1 N–H and O–H groups in total. The molecule has 0 saturated carbocycles. The molecule has 1 aromatic rings. The second-order valence-corrected chi connectivity index (χ2v) is 5.54. The largest absolute Gasteiger partial charge is 0.396 e. The van der Waals surface area contributed by atoms with Gasteiger partial charge in [-0.3, -0.25) is 4.79 Å². The molecule has 1 saturated heterocycles. The number of nitrogens with zero attached hydrogens (tertiary/aromatic N) is 1. The minimum Gasteiger partial charge on any atom is -0.396 e. The molecule has 1 fully saturated rings. The molecule has 4 heteroatoms. The number of aliphatic hydroxyl groups is 1. The summed E-state index contributed by atoms with van der Waals surface area (Å²) in [5.41, 5.74) is 1.85. The van der Waals surface area contributed by atoms with Gasteiger partial charge in [-0.25, -0.2) is 0 Å². The summed E-state index contributed by atoms with van der Waals surface area (Å²) in [4.78, 5) is 13.1. The monoisotopic (exact) mass is 311 g/mol. The summed E-state index contributed by atoms with van der Waals surface area (Å²) in [6.07, 6.45) is 5.12. The smallest absolute Gasteiger partial charge is 0.150 e. The molecule has 0 aliphatic carbocycles. The predicted molar refractivity (Wildman–Crippen MR) is 76.2 cm³/mol. The fourth-order valence-corrected chi connectivity index (χ4v) is 3.23. The fraction of sp³-hybridized carbons (Fsp3) is 0.500. The van der Waals surface area contributed by atoms with Crippen molar-refractivity contribution in [2.24, 2.45) is 0 Å². The van der Waals surface area contributed by atoms with Crippen LogP contribution in [-0.2, 0) is 0 Å². The minimum absolute atomic E-state index is 0.260. The molecule has 1 aliphatic heterocycles. The van der Waals surface area contributed by atoms with Crippen LogP contribution in [0.1, 0.15) is 36.0 Å². The van der Waals surface area contributed by atoms with E-state index in [9.17, 15) is 4.79 Å². The first-order chi connectivity index (χ1) is 8.76. The highest BCUT2D eigenvalue weighted by molar-refractivity contribution is 9.10. The molecular weight excluding hydrogens is 294 g/mol. The van der Waals surface area contributed by atoms with E-state index in [1.807, 2.05) is 18.2 Å². The Morgan fingerprint density at radius 2 is 2.33 bits per heavy atom. The summed E-state index contributed by atoms with van der Waals surface area (Å²) >= 11 is 3.54. The lowest BCUT2D eigenvalue weighted by molar-refractivity contribution is 0.112. The van der Waals surface area contributed by atoms with E-state index >= 15 is 0 Å². The van der Waals surface area contributed by atoms with Crippen LogP contribution in [-0.4, -0.2) is 30.6 Å². The summed E-state index contributed by atoms with van der Waals surface area (Å²) < 4.78 is 0.975. The number of carbonyl (C=O) groups is 1. The van der Waals surface area contributed by atoms with E-state index in [1.54, 1.807) is 0 Å². The predicted octanol–water partition coefficient (Wildman–Crippen LogP) is 3.00. The van der Waals surface area contributed by atoms with Crippen molar-refractivity contribution in [2.75, 3.05) is 18.1 Å². The molecule has 1 unspecified atom stereocenters. The number of halogens is 1. The Labute approximate surface area is 116 Å².